The minimum atomic E-state index is 0.312. The molecule has 0 fully saturated rings. The van der Waals surface area contributed by atoms with Gasteiger partial charge >= 0.3 is 6.01 Å². The average molecular weight is 297 g/mol. The van der Waals surface area contributed by atoms with E-state index in [9.17, 15) is 0 Å². The number of rotatable bonds is 10. The molecule has 1 heterocycles. The number of nitrogens with one attached hydrogen (secondary N) is 1. The molecule has 120 valence electrons. The first-order valence-corrected chi connectivity index (χ1v) is 7.54. The van der Waals surface area contributed by atoms with Gasteiger partial charge in [-0.1, -0.05) is 6.92 Å². The highest BCUT2D eigenvalue weighted by Crippen LogP contribution is 2.18. The van der Waals surface area contributed by atoms with Crippen LogP contribution in [-0.4, -0.2) is 54.4 Å². The molecule has 0 aliphatic rings. The Morgan fingerprint density at radius 3 is 2.52 bits per heavy atom. The van der Waals surface area contributed by atoms with Crippen LogP contribution in [0, 0.1) is 0 Å². The van der Waals surface area contributed by atoms with Crippen molar-refractivity contribution < 1.29 is 9.47 Å². The minimum Gasteiger partial charge on any atom is -0.464 e. The minimum absolute atomic E-state index is 0.312. The van der Waals surface area contributed by atoms with Crippen molar-refractivity contribution in [1.29, 1.82) is 0 Å². The van der Waals surface area contributed by atoms with Gasteiger partial charge in [0.2, 0.25) is 11.9 Å². The lowest BCUT2D eigenvalue weighted by atomic mass is 10.2. The van der Waals surface area contributed by atoms with Gasteiger partial charge in [0.1, 0.15) is 0 Å². The van der Waals surface area contributed by atoms with Gasteiger partial charge in [-0.15, -0.1) is 0 Å². The van der Waals surface area contributed by atoms with E-state index >= 15 is 0 Å². The zero-order valence-corrected chi connectivity index (χ0v) is 13.7. The van der Waals surface area contributed by atoms with Crippen molar-refractivity contribution in [1.82, 2.24) is 15.0 Å². The molecular formula is C14H27N5O2. The quantitative estimate of drug-likeness (QED) is 0.707. The van der Waals surface area contributed by atoms with E-state index < -0.39 is 0 Å². The molecule has 1 aromatic heterocycles. The second-order valence-electron chi connectivity index (χ2n) is 4.65. The third-order valence-corrected chi connectivity index (χ3v) is 3.13. The fourth-order valence-corrected chi connectivity index (χ4v) is 1.83. The predicted molar refractivity (Wildman–Crippen MR) is 84.1 cm³/mol. The Labute approximate surface area is 127 Å². The fraction of sp³-hybridized carbons (Fsp3) is 0.786. The maximum absolute atomic E-state index is 5.44. The maximum Gasteiger partial charge on any atom is 0.323 e. The first-order chi connectivity index (χ1) is 10.2. The summed E-state index contributed by atoms with van der Waals surface area (Å²) in [6, 6.07) is 0.663. The molecule has 1 rings (SSSR count). The van der Waals surface area contributed by atoms with Crippen LogP contribution < -0.4 is 15.0 Å². The van der Waals surface area contributed by atoms with Crippen molar-refractivity contribution >= 4 is 11.9 Å². The van der Waals surface area contributed by atoms with Gasteiger partial charge in [-0.3, -0.25) is 0 Å². The molecule has 0 saturated carbocycles. The second kappa shape index (κ2) is 9.33. The standard InChI is InChI=1S/C14H27N5O2/c1-6-11(4)19(9-10-20-5)13-16-12(15-7-2)17-14(18-13)21-8-3/h11H,6-10H2,1-5H3,(H,15,16,17,18). The lowest BCUT2D eigenvalue weighted by molar-refractivity contribution is 0.202. The van der Waals surface area contributed by atoms with Crippen molar-refractivity contribution in [2.75, 3.05) is 43.6 Å². The first kappa shape index (κ1) is 17.4. The van der Waals surface area contributed by atoms with Gasteiger partial charge in [-0.05, 0) is 27.2 Å². The molecule has 0 bridgehead atoms. The predicted octanol–water partition coefficient (Wildman–Crippen LogP) is 1.95. The summed E-state index contributed by atoms with van der Waals surface area (Å²) in [5.74, 6) is 1.16. The highest BCUT2D eigenvalue weighted by Gasteiger charge is 2.18. The normalized spacial score (nSPS) is 12.0. The van der Waals surface area contributed by atoms with E-state index in [2.05, 4.69) is 39.0 Å². The first-order valence-electron chi connectivity index (χ1n) is 7.54. The number of nitrogens with zero attached hydrogens (tertiary/aromatic N) is 4. The van der Waals surface area contributed by atoms with E-state index in [0.717, 1.165) is 19.5 Å². The number of hydrogen-bond acceptors (Lipinski definition) is 7. The summed E-state index contributed by atoms with van der Waals surface area (Å²) in [6.07, 6.45) is 0.996. The van der Waals surface area contributed by atoms with E-state index in [1.54, 1.807) is 7.11 Å². The van der Waals surface area contributed by atoms with Crippen LogP contribution in [0.25, 0.3) is 0 Å². The molecule has 1 unspecified atom stereocenters. The van der Waals surface area contributed by atoms with Crippen LogP contribution in [0.4, 0.5) is 11.9 Å². The van der Waals surface area contributed by atoms with E-state index in [1.807, 2.05) is 13.8 Å². The van der Waals surface area contributed by atoms with Gasteiger partial charge in [0.25, 0.3) is 0 Å². The molecule has 0 aliphatic heterocycles. The Hall–Kier alpha value is -1.63. The van der Waals surface area contributed by atoms with Crippen molar-refractivity contribution in [3.63, 3.8) is 0 Å². The second-order valence-corrected chi connectivity index (χ2v) is 4.65. The van der Waals surface area contributed by atoms with Gasteiger partial charge in [-0.2, -0.15) is 15.0 Å². The molecule has 7 nitrogen and oxygen atoms in total. The number of anilines is 2. The van der Waals surface area contributed by atoms with Crippen LogP contribution >= 0.6 is 0 Å². The zero-order chi connectivity index (χ0) is 15.7. The molecule has 0 saturated heterocycles. The van der Waals surface area contributed by atoms with Crippen LogP contribution in [0.3, 0.4) is 0 Å². The van der Waals surface area contributed by atoms with Gasteiger partial charge in [0.15, 0.2) is 0 Å². The molecule has 1 atom stereocenters. The largest absolute Gasteiger partial charge is 0.464 e. The molecular weight excluding hydrogens is 270 g/mol. The maximum atomic E-state index is 5.44. The monoisotopic (exact) mass is 297 g/mol. The molecule has 21 heavy (non-hydrogen) atoms. The Morgan fingerprint density at radius 2 is 1.95 bits per heavy atom. The highest BCUT2D eigenvalue weighted by molar-refractivity contribution is 5.39. The van der Waals surface area contributed by atoms with Gasteiger partial charge in [0, 0.05) is 26.2 Å². The third kappa shape index (κ3) is 5.34. The molecule has 0 aromatic carbocycles. The SMILES string of the molecule is CCNc1nc(OCC)nc(N(CCOC)C(C)CC)n1. The van der Waals surface area contributed by atoms with Crippen LogP contribution in [-0.2, 0) is 4.74 Å². The van der Waals surface area contributed by atoms with E-state index in [1.165, 1.54) is 0 Å². The van der Waals surface area contributed by atoms with Crippen molar-refractivity contribution in [2.45, 2.75) is 40.2 Å². The summed E-state index contributed by atoms with van der Waals surface area (Å²) < 4.78 is 10.6. The number of methoxy groups -OCH3 is 1. The Bertz CT molecular complexity index is 392. The van der Waals surface area contributed by atoms with Crippen molar-refractivity contribution in [2.24, 2.45) is 0 Å². The summed E-state index contributed by atoms with van der Waals surface area (Å²) in [5.41, 5.74) is 0. The Kier molecular flexibility index (Phi) is 7.74. The van der Waals surface area contributed by atoms with Crippen molar-refractivity contribution in [3.8, 4) is 6.01 Å². The zero-order valence-electron chi connectivity index (χ0n) is 13.7. The third-order valence-electron chi connectivity index (χ3n) is 3.13. The molecule has 0 spiro atoms. The summed E-state index contributed by atoms with van der Waals surface area (Å²) in [5, 5.41) is 3.11. The van der Waals surface area contributed by atoms with Gasteiger partial charge in [-0.25, -0.2) is 0 Å². The Balaban J connectivity index is 3.08. The van der Waals surface area contributed by atoms with Gasteiger partial charge in [0.05, 0.1) is 13.2 Å². The molecule has 1 N–H and O–H groups in total. The van der Waals surface area contributed by atoms with Gasteiger partial charge < -0.3 is 19.7 Å². The molecule has 0 amide bonds. The van der Waals surface area contributed by atoms with Crippen LogP contribution in [0.2, 0.25) is 0 Å². The van der Waals surface area contributed by atoms with E-state index in [0.29, 0.717) is 37.2 Å². The van der Waals surface area contributed by atoms with Crippen molar-refractivity contribution in [3.05, 3.63) is 0 Å². The molecule has 0 aliphatic carbocycles. The summed E-state index contributed by atoms with van der Waals surface area (Å²) in [7, 11) is 1.69. The van der Waals surface area contributed by atoms with E-state index in [4.69, 9.17) is 9.47 Å². The summed E-state index contributed by atoms with van der Waals surface area (Å²) >= 11 is 0. The molecule has 0 radical (unpaired) electrons. The lowest BCUT2D eigenvalue weighted by Crippen LogP contribution is -2.37. The van der Waals surface area contributed by atoms with E-state index in [-0.39, 0.29) is 0 Å². The number of ether oxygens (including phenoxy) is 2. The molecule has 7 heteroatoms. The smallest absolute Gasteiger partial charge is 0.323 e. The van der Waals surface area contributed by atoms with Crippen LogP contribution in [0.1, 0.15) is 34.1 Å². The number of hydrogen-bond donors (Lipinski definition) is 1. The fourth-order valence-electron chi connectivity index (χ4n) is 1.83. The van der Waals surface area contributed by atoms with Crippen LogP contribution in [0.5, 0.6) is 6.01 Å². The lowest BCUT2D eigenvalue weighted by Gasteiger charge is -2.28. The Morgan fingerprint density at radius 1 is 1.19 bits per heavy atom. The van der Waals surface area contributed by atoms with Crippen LogP contribution in [0.15, 0.2) is 0 Å². The molecule has 1 aromatic rings. The summed E-state index contributed by atoms with van der Waals surface area (Å²) in [4.78, 5) is 15.3. The highest BCUT2D eigenvalue weighted by atomic mass is 16.5. The topological polar surface area (TPSA) is 72.4 Å². The number of aromatic nitrogens is 3. The summed E-state index contributed by atoms with van der Waals surface area (Å²) in [6.45, 7) is 10.8. The average Bonchev–Trinajstić information content (AvgIpc) is 2.48.